The molecule has 0 aromatic carbocycles. The Balaban J connectivity index is 1.89. The Labute approximate surface area is 91.1 Å². The summed E-state index contributed by atoms with van der Waals surface area (Å²) in [6.07, 6.45) is 6.79. The molecule has 1 heterocycles. The first-order valence-corrected chi connectivity index (χ1v) is 5.96. The van der Waals surface area contributed by atoms with Crippen LogP contribution in [0.3, 0.4) is 0 Å². The zero-order valence-corrected chi connectivity index (χ0v) is 9.61. The molecule has 0 unspecified atom stereocenters. The van der Waals surface area contributed by atoms with Gasteiger partial charge in [-0.05, 0) is 25.7 Å². The van der Waals surface area contributed by atoms with Crippen molar-refractivity contribution in [2.75, 3.05) is 0 Å². The highest BCUT2D eigenvalue weighted by Gasteiger charge is 2.25. The fraction of sp³-hybridized carbons (Fsp3) is 0.818. The summed E-state index contributed by atoms with van der Waals surface area (Å²) in [5.74, 6) is 1.09. The van der Waals surface area contributed by atoms with Gasteiger partial charge in [-0.25, -0.2) is 0 Å². The van der Waals surface area contributed by atoms with E-state index in [9.17, 15) is 0 Å². The third-order valence-corrected chi connectivity index (χ3v) is 3.12. The lowest BCUT2D eigenvalue weighted by molar-refractivity contribution is 0.467. The topological polar surface area (TPSA) is 42.7 Å². The van der Waals surface area contributed by atoms with Crippen molar-refractivity contribution in [1.82, 2.24) is 20.1 Å². The molecular formula is C11H20N4. The van der Waals surface area contributed by atoms with Crippen molar-refractivity contribution in [3.63, 3.8) is 0 Å². The van der Waals surface area contributed by atoms with Crippen LogP contribution in [0.2, 0.25) is 0 Å². The fourth-order valence-corrected chi connectivity index (χ4v) is 1.86. The van der Waals surface area contributed by atoms with Crippen LogP contribution in [0.4, 0.5) is 0 Å². The minimum atomic E-state index is 0.606. The summed E-state index contributed by atoms with van der Waals surface area (Å²) in [6, 6.07) is 1.29. The molecule has 4 nitrogen and oxygen atoms in total. The van der Waals surface area contributed by atoms with E-state index in [0.717, 1.165) is 12.4 Å². The fourth-order valence-electron chi connectivity index (χ4n) is 1.86. The SMILES string of the molecule is CCC(CC)NCc1nncn1C1CC1. The Morgan fingerprint density at radius 1 is 1.47 bits per heavy atom. The Kier molecular flexibility index (Phi) is 3.36. The molecule has 2 rings (SSSR count). The van der Waals surface area contributed by atoms with Crippen molar-refractivity contribution < 1.29 is 0 Å². The summed E-state index contributed by atoms with van der Waals surface area (Å²) in [6.45, 7) is 5.28. The number of rotatable bonds is 6. The zero-order valence-electron chi connectivity index (χ0n) is 9.61. The third-order valence-electron chi connectivity index (χ3n) is 3.12. The largest absolute Gasteiger partial charge is 0.313 e. The summed E-state index contributed by atoms with van der Waals surface area (Å²) >= 11 is 0. The molecular weight excluding hydrogens is 188 g/mol. The van der Waals surface area contributed by atoms with E-state index in [2.05, 4.69) is 33.9 Å². The first-order chi connectivity index (χ1) is 7.35. The molecule has 4 heteroatoms. The molecule has 0 radical (unpaired) electrons. The molecule has 1 aromatic rings. The van der Waals surface area contributed by atoms with Crippen LogP contribution in [-0.2, 0) is 6.54 Å². The lowest BCUT2D eigenvalue weighted by Gasteiger charge is -2.14. The van der Waals surface area contributed by atoms with Gasteiger partial charge in [-0.3, -0.25) is 0 Å². The standard InChI is InChI=1S/C11H20N4/c1-3-9(4-2)12-7-11-14-13-8-15(11)10-5-6-10/h8-10,12H,3-7H2,1-2H3. The van der Waals surface area contributed by atoms with Gasteiger partial charge in [-0.2, -0.15) is 0 Å². The van der Waals surface area contributed by atoms with Crippen LogP contribution in [0.5, 0.6) is 0 Å². The van der Waals surface area contributed by atoms with E-state index >= 15 is 0 Å². The Hall–Kier alpha value is -0.900. The molecule has 0 atom stereocenters. The average molecular weight is 208 g/mol. The molecule has 0 saturated heterocycles. The first kappa shape index (κ1) is 10.6. The van der Waals surface area contributed by atoms with Gasteiger partial charge in [0.2, 0.25) is 0 Å². The normalized spacial score (nSPS) is 16.2. The van der Waals surface area contributed by atoms with E-state index in [1.165, 1.54) is 25.7 Å². The monoisotopic (exact) mass is 208 g/mol. The second-order valence-electron chi connectivity index (χ2n) is 4.28. The molecule has 15 heavy (non-hydrogen) atoms. The maximum atomic E-state index is 4.17. The van der Waals surface area contributed by atoms with Crippen LogP contribution in [0.1, 0.15) is 51.4 Å². The Morgan fingerprint density at radius 2 is 2.20 bits per heavy atom. The smallest absolute Gasteiger partial charge is 0.147 e. The van der Waals surface area contributed by atoms with Crippen molar-refractivity contribution in [2.45, 2.75) is 58.2 Å². The zero-order chi connectivity index (χ0) is 10.7. The lowest BCUT2D eigenvalue weighted by Crippen LogP contribution is -2.28. The molecule has 84 valence electrons. The van der Waals surface area contributed by atoms with Gasteiger partial charge in [0.1, 0.15) is 12.2 Å². The number of nitrogens with one attached hydrogen (secondary N) is 1. The van der Waals surface area contributed by atoms with Crippen LogP contribution >= 0.6 is 0 Å². The van der Waals surface area contributed by atoms with Gasteiger partial charge in [-0.1, -0.05) is 13.8 Å². The van der Waals surface area contributed by atoms with E-state index in [4.69, 9.17) is 0 Å². The van der Waals surface area contributed by atoms with Gasteiger partial charge in [0.15, 0.2) is 0 Å². The maximum Gasteiger partial charge on any atom is 0.147 e. The van der Waals surface area contributed by atoms with Crippen LogP contribution in [0, 0.1) is 0 Å². The van der Waals surface area contributed by atoms with Crippen molar-refractivity contribution in [2.24, 2.45) is 0 Å². The Bertz CT molecular complexity index is 299. The predicted molar refractivity (Wildman–Crippen MR) is 59.5 cm³/mol. The molecule has 0 spiro atoms. The van der Waals surface area contributed by atoms with Gasteiger partial charge in [0.05, 0.1) is 6.54 Å². The van der Waals surface area contributed by atoms with Crippen molar-refractivity contribution in [3.05, 3.63) is 12.2 Å². The molecule has 1 saturated carbocycles. The molecule has 1 aliphatic rings. The summed E-state index contributed by atoms with van der Waals surface area (Å²) in [5, 5.41) is 11.7. The van der Waals surface area contributed by atoms with Crippen LogP contribution in [0.15, 0.2) is 6.33 Å². The third kappa shape index (κ3) is 2.56. The van der Waals surface area contributed by atoms with Crippen LogP contribution in [-0.4, -0.2) is 20.8 Å². The van der Waals surface area contributed by atoms with E-state index in [1.807, 2.05) is 6.33 Å². The summed E-state index contributed by atoms with van der Waals surface area (Å²) in [4.78, 5) is 0. The summed E-state index contributed by atoms with van der Waals surface area (Å²) in [5.41, 5.74) is 0. The lowest BCUT2D eigenvalue weighted by atomic mass is 10.2. The van der Waals surface area contributed by atoms with Gasteiger partial charge >= 0.3 is 0 Å². The summed E-state index contributed by atoms with van der Waals surface area (Å²) in [7, 11) is 0. The van der Waals surface area contributed by atoms with E-state index in [1.54, 1.807) is 0 Å². The van der Waals surface area contributed by atoms with E-state index in [-0.39, 0.29) is 0 Å². The number of aromatic nitrogens is 3. The first-order valence-electron chi connectivity index (χ1n) is 5.96. The van der Waals surface area contributed by atoms with Crippen molar-refractivity contribution in [1.29, 1.82) is 0 Å². The molecule has 0 bridgehead atoms. The van der Waals surface area contributed by atoms with Crippen molar-refractivity contribution in [3.8, 4) is 0 Å². The molecule has 0 amide bonds. The van der Waals surface area contributed by atoms with Gasteiger partial charge in [0.25, 0.3) is 0 Å². The molecule has 1 fully saturated rings. The molecule has 1 aliphatic carbocycles. The highest BCUT2D eigenvalue weighted by Crippen LogP contribution is 2.35. The minimum absolute atomic E-state index is 0.606. The van der Waals surface area contributed by atoms with Gasteiger partial charge in [0, 0.05) is 12.1 Å². The van der Waals surface area contributed by atoms with E-state index in [0.29, 0.717) is 12.1 Å². The molecule has 1 N–H and O–H groups in total. The Morgan fingerprint density at radius 3 is 2.80 bits per heavy atom. The number of nitrogens with zero attached hydrogens (tertiary/aromatic N) is 3. The maximum absolute atomic E-state index is 4.17. The van der Waals surface area contributed by atoms with Gasteiger partial charge in [-0.15, -0.1) is 10.2 Å². The highest BCUT2D eigenvalue weighted by atomic mass is 15.3. The van der Waals surface area contributed by atoms with Crippen molar-refractivity contribution >= 4 is 0 Å². The molecule has 1 aromatic heterocycles. The number of hydrogen-bond donors (Lipinski definition) is 1. The second kappa shape index (κ2) is 4.75. The molecule has 0 aliphatic heterocycles. The quantitative estimate of drug-likeness (QED) is 0.776. The minimum Gasteiger partial charge on any atom is -0.313 e. The predicted octanol–water partition coefficient (Wildman–Crippen LogP) is 1.89. The number of hydrogen-bond acceptors (Lipinski definition) is 3. The summed E-state index contributed by atoms with van der Waals surface area (Å²) < 4.78 is 2.22. The van der Waals surface area contributed by atoms with Crippen LogP contribution < -0.4 is 5.32 Å². The average Bonchev–Trinajstić information content (AvgIpc) is 3.00. The second-order valence-corrected chi connectivity index (χ2v) is 4.28. The van der Waals surface area contributed by atoms with Crippen LogP contribution in [0.25, 0.3) is 0 Å². The van der Waals surface area contributed by atoms with Gasteiger partial charge < -0.3 is 9.88 Å². The van der Waals surface area contributed by atoms with E-state index < -0.39 is 0 Å². The highest BCUT2D eigenvalue weighted by molar-refractivity contribution is 4.94.